The molecule has 0 aromatic rings. The monoisotopic (exact) mass is 971 g/mol. The van der Waals surface area contributed by atoms with Gasteiger partial charge in [0.15, 0.2) is 0 Å². The second kappa shape index (κ2) is 41.8. The number of fused-ring (bicyclic) bond motifs is 2. The molecule has 6 saturated carbocycles. The van der Waals surface area contributed by atoms with Crippen LogP contribution in [0.15, 0.2) is 0 Å². The molecule has 0 aromatic carbocycles. The van der Waals surface area contributed by atoms with Gasteiger partial charge < -0.3 is 4.74 Å². The van der Waals surface area contributed by atoms with Crippen molar-refractivity contribution in [2.24, 2.45) is 75.9 Å². The van der Waals surface area contributed by atoms with Crippen LogP contribution in [0.2, 0.25) is 0 Å². The minimum Gasteiger partial charge on any atom is -0.466 e. The molecule has 414 valence electrons. The molecule has 2 heteroatoms. The van der Waals surface area contributed by atoms with Gasteiger partial charge in [-0.2, -0.15) is 0 Å². The summed E-state index contributed by atoms with van der Waals surface area (Å²) in [5.41, 5.74) is 1.21. The average Bonchev–Trinajstić information content (AvgIpc) is 3.97. The first-order chi connectivity index (χ1) is 33.0. The van der Waals surface area contributed by atoms with Gasteiger partial charge in [0.25, 0.3) is 0 Å². The van der Waals surface area contributed by atoms with Crippen molar-refractivity contribution in [3.8, 4) is 0 Å². The van der Waals surface area contributed by atoms with E-state index in [1.54, 1.807) is 32.1 Å². The van der Waals surface area contributed by atoms with E-state index in [9.17, 15) is 4.79 Å². The zero-order valence-corrected chi connectivity index (χ0v) is 51.1. The first kappa shape index (κ1) is 68.5. The molecule has 6 rings (SSSR count). The van der Waals surface area contributed by atoms with Crippen molar-refractivity contribution >= 4 is 5.97 Å². The van der Waals surface area contributed by atoms with Crippen molar-refractivity contribution in [2.45, 2.75) is 342 Å². The highest BCUT2D eigenvalue weighted by atomic mass is 16.5. The molecule has 0 aliphatic heterocycles. The van der Waals surface area contributed by atoms with Crippen molar-refractivity contribution in [1.82, 2.24) is 0 Å². The highest BCUT2D eigenvalue weighted by Gasteiger charge is 2.39. The molecular formula is C67H134O2. The predicted octanol–water partition coefficient (Wildman–Crippen LogP) is 23.3. The van der Waals surface area contributed by atoms with Crippen LogP contribution in [-0.4, -0.2) is 12.6 Å². The van der Waals surface area contributed by atoms with Crippen molar-refractivity contribution in [2.75, 3.05) is 6.61 Å². The summed E-state index contributed by atoms with van der Waals surface area (Å²) in [6, 6.07) is 0. The van der Waals surface area contributed by atoms with Crippen LogP contribution in [0.5, 0.6) is 0 Å². The number of unbranched alkanes of at least 4 members (excludes halogenated alkanes) is 6. The molecule has 2 bridgehead atoms. The van der Waals surface area contributed by atoms with Gasteiger partial charge in [-0.1, -0.05) is 271 Å². The lowest BCUT2D eigenvalue weighted by atomic mass is 9.60. The van der Waals surface area contributed by atoms with Crippen LogP contribution in [0.1, 0.15) is 342 Å². The van der Waals surface area contributed by atoms with Crippen LogP contribution in [0.4, 0.5) is 0 Å². The standard InChI is InChI=1S/C15H28.C12H24.C10H20O2.C10H20.C9H16.C8H18.C3H8/c1-12-3-7-14(8-4-12)11-15-9-5-13(2)6-10-15;1-6-12(5)8-10(2)7-11(3,4)9-12;1-4-7-8-9(5-2)10(11)12-6-3;1-3-9-6-5-7-10(4-2)8-9;1-2-8-5-7-3-4-9(8)6-7;1-3-5-7-8-6-4-2;1-3-2/h12-15H,3-11H2,1-2H3;10H,6-9H2,1-5H3;9H,4-8H2,1-3H3;9-10H,3-8H2,1-2H3;7-9H,2-6H2,1H3;3-8H2,1-2H3;3H2,1-2H3. The molecule has 0 saturated heterocycles. The highest BCUT2D eigenvalue weighted by Crippen LogP contribution is 2.50. The number of carbonyl (C=O) groups is 1. The van der Waals surface area contributed by atoms with Crippen LogP contribution < -0.4 is 0 Å². The fraction of sp³-hybridized carbons (Fsp3) is 0.985. The number of hydrogen-bond donors (Lipinski definition) is 0. The lowest BCUT2D eigenvalue weighted by Gasteiger charge is -2.45. The van der Waals surface area contributed by atoms with E-state index in [0.29, 0.717) is 17.4 Å². The number of hydrogen-bond acceptors (Lipinski definition) is 2. The minimum absolute atomic E-state index is 0.0200. The fourth-order valence-electron chi connectivity index (χ4n) is 14.1. The van der Waals surface area contributed by atoms with Gasteiger partial charge in [-0.15, -0.1) is 0 Å². The second-order valence-electron chi connectivity index (χ2n) is 26.2. The topological polar surface area (TPSA) is 26.3 Å². The third-order valence-corrected chi connectivity index (χ3v) is 18.4. The summed E-state index contributed by atoms with van der Waals surface area (Å²) in [6.07, 6.45) is 49.8. The third-order valence-electron chi connectivity index (χ3n) is 18.4. The van der Waals surface area contributed by atoms with Gasteiger partial charge in [-0.3, -0.25) is 4.79 Å². The van der Waals surface area contributed by atoms with Crippen molar-refractivity contribution in [3.63, 3.8) is 0 Å². The summed E-state index contributed by atoms with van der Waals surface area (Å²) in [4.78, 5) is 11.3. The lowest BCUT2D eigenvalue weighted by molar-refractivity contribution is -0.148. The van der Waals surface area contributed by atoms with E-state index in [1.807, 2.05) is 13.8 Å². The Bertz CT molecular complexity index is 1090. The Hall–Kier alpha value is -0.530. The Labute approximate surface area is 438 Å². The van der Waals surface area contributed by atoms with Gasteiger partial charge in [-0.25, -0.2) is 0 Å². The van der Waals surface area contributed by atoms with E-state index in [-0.39, 0.29) is 11.9 Å². The van der Waals surface area contributed by atoms with E-state index in [4.69, 9.17) is 4.74 Å². The Kier molecular flexibility index (Phi) is 41.5. The van der Waals surface area contributed by atoms with E-state index < -0.39 is 0 Å². The Balaban J connectivity index is 0.000000803. The molecule has 8 unspecified atom stereocenters. The largest absolute Gasteiger partial charge is 0.466 e. The molecule has 0 spiro atoms. The molecular weight excluding hydrogens is 837 g/mol. The van der Waals surface area contributed by atoms with E-state index in [1.165, 1.54) is 167 Å². The quantitative estimate of drug-likeness (QED) is 0.107. The fourth-order valence-corrected chi connectivity index (χ4v) is 14.1. The van der Waals surface area contributed by atoms with E-state index >= 15 is 0 Å². The third kappa shape index (κ3) is 33.1. The molecule has 0 heterocycles. The number of ether oxygens (including phenoxy) is 1. The molecule has 0 N–H and O–H groups in total. The molecule has 6 aliphatic carbocycles. The summed E-state index contributed by atoms with van der Waals surface area (Å²) < 4.78 is 4.95. The van der Waals surface area contributed by atoms with Gasteiger partial charge in [0, 0.05) is 0 Å². The zero-order valence-electron chi connectivity index (χ0n) is 51.1. The maximum Gasteiger partial charge on any atom is 0.308 e. The summed E-state index contributed by atoms with van der Waals surface area (Å²) in [5.74, 6) is 10.8. The minimum atomic E-state index is -0.0200. The van der Waals surface area contributed by atoms with Gasteiger partial charge in [0.05, 0.1) is 12.5 Å². The van der Waals surface area contributed by atoms with Crippen LogP contribution in [0, 0.1) is 75.9 Å². The smallest absolute Gasteiger partial charge is 0.308 e. The lowest BCUT2D eigenvalue weighted by Crippen LogP contribution is -2.34. The maximum absolute atomic E-state index is 11.3. The molecule has 8 atom stereocenters. The van der Waals surface area contributed by atoms with Crippen LogP contribution in [0.3, 0.4) is 0 Å². The zero-order chi connectivity index (χ0) is 52.1. The first-order valence-electron chi connectivity index (χ1n) is 32.1. The first-order valence-corrected chi connectivity index (χ1v) is 32.1. The SMILES string of the molecule is CC1CCC(CC2CCC(C)CC2)CC1.CCC.CCC1(C)CC(C)CC(C)(C)C1.CCC1CC2CCC1C2.CCC1CCCC(CC)C1.CCCCC(CC)C(=O)OCC.CCCCCCCC. The summed E-state index contributed by atoms with van der Waals surface area (Å²) in [7, 11) is 0. The molecule has 69 heavy (non-hydrogen) atoms. The van der Waals surface area contributed by atoms with E-state index in [2.05, 4.69) is 104 Å². The molecule has 2 nitrogen and oxygen atoms in total. The molecule has 0 aromatic heterocycles. The Morgan fingerprint density at radius 3 is 1.39 bits per heavy atom. The van der Waals surface area contributed by atoms with Gasteiger partial charge in [0.1, 0.15) is 0 Å². The number of rotatable bonds is 17. The normalized spacial score (nSPS) is 31.3. The molecule has 6 aliphatic rings. The molecule has 0 radical (unpaired) electrons. The van der Waals surface area contributed by atoms with Crippen LogP contribution in [0.25, 0.3) is 0 Å². The van der Waals surface area contributed by atoms with Crippen LogP contribution >= 0.6 is 0 Å². The van der Waals surface area contributed by atoms with Crippen LogP contribution in [-0.2, 0) is 9.53 Å². The summed E-state index contributed by atoms with van der Waals surface area (Å²) in [5, 5.41) is 0. The van der Waals surface area contributed by atoms with Gasteiger partial charge >= 0.3 is 5.97 Å². The molecule has 0 amide bonds. The highest BCUT2D eigenvalue weighted by molar-refractivity contribution is 5.72. The number of esters is 1. The van der Waals surface area contributed by atoms with Crippen molar-refractivity contribution in [3.05, 3.63) is 0 Å². The van der Waals surface area contributed by atoms with Crippen molar-refractivity contribution in [1.29, 1.82) is 0 Å². The average molecular weight is 972 g/mol. The van der Waals surface area contributed by atoms with Gasteiger partial charge in [-0.05, 0) is 141 Å². The second-order valence-corrected chi connectivity index (χ2v) is 26.2. The Morgan fingerprint density at radius 1 is 0.536 bits per heavy atom. The van der Waals surface area contributed by atoms with Crippen molar-refractivity contribution < 1.29 is 9.53 Å². The summed E-state index contributed by atoms with van der Waals surface area (Å²) in [6.45, 7) is 39.2. The van der Waals surface area contributed by atoms with E-state index in [0.717, 1.165) is 84.9 Å². The molecule has 6 fully saturated rings. The summed E-state index contributed by atoms with van der Waals surface area (Å²) >= 11 is 0. The number of carbonyl (C=O) groups excluding carboxylic acids is 1. The predicted molar refractivity (Wildman–Crippen MR) is 312 cm³/mol. The Morgan fingerprint density at radius 2 is 1.04 bits per heavy atom. The van der Waals surface area contributed by atoms with Gasteiger partial charge in [0.2, 0.25) is 0 Å². The maximum atomic E-state index is 11.3.